The van der Waals surface area contributed by atoms with Crippen molar-refractivity contribution in [1.29, 1.82) is 0 Å². The summed E-state index contributed by atoms with van der Waals surface area (Å²) in [7, 11) is 3.90. The SMILES string of the molecule is CCCCCCCCCCCCN(CC)C(=O)CN(C)C. The van der Waals surface area contributed by atoms with Crippen LogP contribution in [0.5, 0.6) is 0 Å². The normalized spacial score (nSPS) is 11.1. The van der Waals surface area contributed by atoms with Crippen LogP contribution in [0, 0.1) is 0 Å². The molecule has 0 aliphatic carbocycles. The summed E-state index contributed by atoms with van der Waals surface area (Å²) < 4.78 is 0. The molecule has 0 aromatic carbocycles. The van der Waals surface area contributed by atoms with E-state index in [1.165, 1.54) is 57.8 Å². The Bertz CT molecular complexity index is 241. The maximum Gasteiger partial charge on any atom is 0.236 e. The van der Waals surface area contributed by atoms with Crippen LogP contribution >= 0.6 is 0 Å². The summed E-state index contributed by atoms with van der Waals surface area (Å²) in [5.74, 6) is 0.262. The summed E-state index contributed by atoms with van der Waals surface area (Å²) in [5.41, 5.74) is 0. The second-order valence-electron chi connectivity index (χ2n) is 6.39. The molecule has 3 heteroatoms. The molecule has 0 heterocycles. The molecule has 0 spiro atoms. The van der Waals surface area contributed by atoms with Crippen molar-refractivity contribution in [2.24, 2.45) is 0 Å². The molecule has 0 aromatic heterocycles. The molecule has 0 aliphatic rings. The zero-order chi connectivity index (χ0) is 15.9. The molecule has 0 radical (unpaired) electrons. The van der Waals surface area contributed by atoms with Gasteiger partial charge >= 0.3 is 0 Å². The molecule has 21 heavy (non-hydrogen) atoms. The Hall–Kier alpha value is -0.570. The van der Waals surface area contributed by atoms with E-state index in [-0.39, 0.29) is 5.91 Å². The summed E-state index contributed by atoms with van der Waals surface area (Å²) in [6.07, 6.45) is 13.5. The van der Waals surface area contributed by atoms with Crippen molar-refractivity contribution in [3.8, 4) is 0 Å². The molecule has 0 aliphatic heterocycles. The van der Waals surface area contributed by atoms with Crippen molar-refractivity contribution < 1.29 is 4.79 Å². The number of likely N-dealkylation sites (N-methyl/N-ethyl adjacent to an activating group) is 2. The lowest BCUT2D eigenvalue weighted by Gasteiger charge is -2.22. The highest BCUT2D eigenvalue weighted by Gasteiger charge is 2.11. The molecule has 0 rings (SSSR count). The van der Waals surface area contributed by atoms with Gasteiger partial charge in [-0.2, -0.15) is 0 Å². The van der Waals surface area contributed by atoms with Gasteiger partial charge in [-0.1, -0.05) is 64.7 Å². The van der Waals surface area contributed by atoms with E-state index >= 15 is 0 Å². The maximum atomic E-state index is 12.0. The lowest BCUT2D eigenvalue weighted by atomic mass is 10.1. The van der Waals surface area contributed by atoms with Gasteiger partial charge in [-0.05, 0) is 27.4 Å². The Balaban J connectivity index is 3.45. The fraction of sp³-hybridized carbons (Fsp3) is 0.944. The van der Waals surface area contributed by atoms with Crippen molar-refractivity contribution >= 4 is 5.91 Å². The minimum Gasteiger partial charge on any atom is -0.342 e. The highest BCUT2D eigenvalue weighted by atomic mass is 16.2. The largest absolute Gasteiger partial charge is 0.342 e. The van der Waals surface area contributed by atoms with Gasteiger partial charge in [0.1, 0.15) is 0 Å². The van der Waals surface area contributed by atoms with Crippen molar-refractivity contribution in [2.75, 3.05) is 33.7 Å². The minimum atomic E-state index is 0.262. The fourth-order valence-corrected chi connectivity index (χ4v) is 2.62. The minimum absolute atomic E-state index is 0.262. The van der Waals surface area contributed by atoms with Crippen molar-refractivity contribution in [2.45, 2.75) is 78.1 Å². The highest BCUT2D eigenvalue weighted by Crippen LogP contribution is 2.10. The first-order valence-corrected chi connectivity index (χ1v) is 9.04. The van der Waals surface area contributed by atoms with Crippen molar-refractivity contribution in [3.63, 3.8) is 0 Å². The molecule has 0 saturated heterocycles. The van der Waals surface area contributed by atoms with Crippen molar-refractivity contribution in [1.82, 2.24) is 9.80 Å². The first kappa shape index (κ1) is 20.4. The molecular weight excluding hydrogens is 260 g/mol. The molecule has 0 N–H and O–H groups in total. The van der Waals surface area contributed by atoms with E-state index in [9.17, 15) is 4.79 Å². The van der Waals surface area contributed by atoms with E-state index in [1.807, 2.05) is 23.9 Å². The average Bonchev–Trinajstić information content (AvgIpc) is 2.44. The van der Waals surface area contributed by atoms with E-state index in [0.29, 0.717) is 6.54 Å². The molecule has 0 fully saturated rings. The molecule has 0 aromatic rings. The van der Waals surface area contributed by atoms with E-state index in [0.717, 1.165) is 19.5 Å². The fourth-order valence-electron chi connectivity index (χ4n) is 2.62. The number of nitrogens with zero attached hydrogens (tertiary/aromatic N) is 2. The maximum absolute atomic E-state index is 12.0. The van der Waals surface area contributed by atoms with E-state index in [4.69, 9.17) is 0 Å². The Kier molecular flexibility index (Phi) is 14.0. The topological polar surface area (TPSA) is 23.6 Å². The number of rotatable bonds is 14. The first-order chi connectivity index (χ1) is 10.1. The van der Waals surface area contributed by atoms with Crippen molar-refractivity contribution in [3.05, 3.63) is 0 Å². The smallest absolute Gasteiger partial charge is 0.236 e. The number of carbonyl (C=O) groups excluding carboxylic acids is 1. The zero-order valence-corrected chi connectivity index (χ0v) is 15.0. The summed E-state index contributed by atoms with van der Waals surface area (Å²) >= 11 is 0. The number of unbranched alkanes of at least 4 members (excludes halogenated alkanes) is 9. The van der Waals surface area contributed by atoms with Crippen LogP contribution in [0.2, 0.25) is 0 Å². The van der Waals surface area contributed by atoms with Crippen LogP contribution in [-0.4, -0.2) is 49.4 Å². The molecule has 0 unspecified atom stereocenters. The van der Waals surface area contributed by atoms with Crippen LogP contribution in [0.15, 0.2) is 0 Å². The molecule has 0 saturated carbocycles. The van der Waals surface area contributed by atoms with Crippen LogP contribution in [0.4, 0.5) is 0 Å². The average molecular weight is 299 g/mol. The predicted octanol–water partition coefficient (Wildman–Crippen LogP) is 4.32. The molecular formula is C18H38N2O. The molecule has 3 nitrogen and oxygen atoms in total. The third kappa shape index (κ3) is 12.9. The summed E-state index contributed by atoms with van der Waals surface area (Å²) in [5, 5.41) is 0. The van der Waals surface area contributed by atoms with Crippen LogP contribution < -0.4 is 0 Å². The van der Waals surface area contributed by atoms with Gasteiger partial charge in [-0.15, -0.1) is 0 Å². The van der Waals surface area contributed by atoms with Gasteiger partial charge in [0.25, 0.3) is 0 Å². The standard InChI is InChI=1S/C18H38N2O/c1-5-7-8-9-10-11-12-13-14-15-16-20(6-2)18(21)17-19(3)4/h5-17H2,1-4H3. The van der Waals surface area contributed by atoms with E-state index < -0.39 is 0 Å². The zero-order valence-electron chi connectivity index (χ0n) is 15.0. The number of hydrogen-bond donors (Lipinski definition) is 0. The lowest BCUT2D eigenvalue weighted by molar-refractivity contribution is -0.131. The lowest BCUT2D eigenvalue weighted by Crippen LogP contribution is -2.38. The second kappa shape index (κ2) is 14.4. The van der Waals surface area contributed by atoms with Gasteiger partial charge < -0.3 is 9.80 Å². The second-order valence-corrected chi connectivity index (χ2v) is 6.39. The third-order valence-corrected chi connectivity index (χ3v) is 3.97. The summed E-state index contributed by atoms with van der Waals surface area (Å²) in [4.78, 5) is 15.9. The molecule has 0 atom stereocenters. The van der Waals surface area contributed by atoms with Gasteiger partial charge in [0.2, 0.25) is 5.91 Å². The highest BCUT2D eigenvalue weighted by molar-refractivity contribution is 5.78. The van der Waals surface area contributed by atoms with Gasteiger partial charge in [0.05, 0.1) is 6.54 Å². The number of hydrogen-bond acceptors (Lipinski definition) is 2. The number of carbonyl (C=O) groups is 1. The quantitative estimate of drug-likeness (QED) is 0.446. The van der Waals surface area contributed by atoms with E-state index in [2.05, 4.69) is 13.8 Å². The third-order valence-electron chi connectivity index (χ3n) is 3.97. The summed E-state index contributed by atoms with van der Waals surface area (Å²) in [6, 6.07) is 0. The Morgan fingerprint density at radius 3 is 1.67 bits per heavy atom. The first-order valence-electron chi connectivity index (χ1n) is 9.04. The molecule has 1 amide bonds. The molecule has 126 valence electrons. The van der Waals surface area contributed by atoms with Gasteiger partial charge in [0, 0.05) is 13.1 Å². The van der Waals surface area contributed by atoms with Gasteiger partial charge in [-0.25, -0.2) is 0 Å². The van der Waals surface area contributed by atoms with Crippen LogP contribution in [0.1, 0.15) is 78.1 Å². The Labute approximate surface area is 133 Å². The van der Waals surface area contributed by atoms with Gasteiger partial charge in [-0.3, -0.25) is 4.79 Å². The van der Waals surface area contributed by atoms with Crippen LogP contribution in [0.25, 0.3) is 0 Å². The Morgan fingerprint density at radius 1 is 0.762 bits per heavy atom. The van der Waals surface area contributed by atoms with Crippen LogP contribution in [0.3, 0.4) is 0 Å². The monoisotopic (exact) mass is 298 g/mol. The predicted molar refractivity (Wildman–Crippen MR) is 92.7 cm³/mol. The van der Waals surface area contributed by atoms with E-state index in [1.54, 1.807) is 0 Å². The summed E-state index contributed by atoms with van der Waals surface area (Å²) in [6.45, 7) is 6.64. The molecule has 0 bridgehead atoms. The Morgan fingerprint density at radius 2 is 1.24 bits per heavy atom. The van der Waals surface area contributed by atoms with Gasteiger partial charge in [0.15, 0.2) is 0 Å². The number of amides is 1. The van der Waals surface area contributed by atoms with Crippen LogP contribution in [-0.2, 0) is 4.79 Å².